The maximum atomic E-state index is 14.0. The minimum atomic E-state index is -0.509. The van der Waals surface area contributed by atoms with Crippen LogP contribution in [0.5, 0.6) is 0 Å². The van der Waals surface area contributed by atoms with Gasteiger partial charge in [-0.3, -0.25) is 0 Å². The summed E-state index contributed by atoms with van der Waals surface area (Å²) in [5, 5.41) is 6.97. The fraction of sp³-hybridized carbons (Fsp3) is 0.333. The summed E-state index contributed by atoms with van der Waals surface area (Å²) in [6.45, 7) is 2.00. The number of benzene rings is 2. The highest BCUT2D eigenvalue weighted by Crippen LogP contribution is 2.42. The van der Waals surface area contributed by atoms with Gasteiger partial charge >= 0.3 is 0 Å². The van der Waals surface area contributed by atoms with E-state index < -0.39 is 11.6 Å². The van der Waals surface area contributed by atoms with Crippen molar-refractivity contribution in [3.8, 4) is 11.1 Å². The molecule has 0 saturated carbocycles. The van der Waals surface area contributed by atoms with Crippen molar-refractivity contribution < 1.29 is 8.78 Å². The first-order chi connectivity index (χ1) is 10.7. The van der Waals surface area contributed by atoms with Gasteiger partial charge in [-0.2, -0.15) is 0 Å². The third kappa shape index (κ3) is 2.18. The molecule has 2 aliphatic heterocycles. The van der Waals surface area contributed by atoms with Crippen molar-refractivity contribution in [1.29, 1.82) is 0 Å². The molecule has 0 amide bonds. The monoisotopic (exact) mass is 300 g/mol. The molecule has 1 fully saturated rings. The van der Waals surface area contributed by atoms with E-state index >= 15 is 0 Å². The number of fused-ring (bicyclic) bond motifs is 3. The molecule has 0 spiro atoms. The lowest BCUT2D eigenvalue weighted by atomic mass is 9.89. The minimum Gasteiger partial charge on any atom is -0.381 e. The topological polar surface area (TPSA) is 24.1 Å². The molecule has 2 heterocycles. The lowest BCUT2D eigenvalue weighted by Crippen LogP contribution is -2.21. The van der Waals surface area contributed by atoms with Crippen LogP contribution in [-0.4, -0.2) is 19.1 Å². The van der Waals surface area contributed by atoms with Gasteiger partial charge < -0.3 is 10.6 Å². The summed E-state index contributed by atoms with van der Waals surface area (Å²) in [5.41, 5.74) is 2.99. The van der Waals surface area contributed by atoms with E-state index in [1.165, 1.54) is 23.8 Å². The SMILES string of the molecule is Fc1cccc(F)c1-c1ccc2c(c1)C1CCNCCC1N2. The lowest BCUT2D eigenvalue weighted by molar-refractivity contribution is 0.578. The Balaban J connectivity index is 1.78. The van der Waals surface area contributed by atoms with Crippen LogP contribution in [0.1, 0.15) is 24.3 Å². The average molecular weight is 300 g/mol. The van der Waals surface area contributed by atoms with Crippen LogP contribution in [0.15, 0.2) is 36.4 Å². The van der Waals surface area contributed by atoms with E-state index in [2.05, 4.69) is 10.6 Å². The summed E-state index contributed by atoms with van der Waals surface area (Å²) in [4.78, 5) is 0. The minimum absolute atomic E-state index is 0.0699. The highest BCUT2D eigenvalue weighted by Gasteiger charge is 2.33. The maximum absolute atomic E-state index is 14.0. The van der Waals surface area contributed by atoms with Crippen LogP contribution in [-0.2, 0) is 0 Å². The molecule has 4 rings (SSSR count). The van der Waals surface area contributed by atoms with E-state index in [0.717, 1.165) is 31.6 Å². The summed E-state index contributed by atoms with van der Waals surface area (Å²) >= 11 is 0. The Labute approximate surface area is 128 Å². The Hall–Kier alpha value is -1.94. The zero-order chi connectivity index (χ0) is 15.1. The molecule has 0 radical (unpaired) electrons. The standard InChI is InChI=1S/C18H18F2N2/c19-14-2-1-3-15(20)18(14)11-4-5-16-13(10-11)12-6-8-21-9-7-17(12)22-16/h1-5,10,12,17,21-22H,6-9H2. The fourth-order valence-corrected chi connectivity index (χ4v) is 3.72. The van der Waals surface area contributed by atoms with Crippen LogP contribution in [0, 0.1) is 11.6 Å². The molecule has 2 N–H and O–H groups in total. The molecule has 2 aromatic rings. The Morgan fingerprint density at radius 3 is 2.55 bits per heavy atom. The lowest BCUT2D eigenvalue weighted by Gasteiger charge is -2.16. The molecule has 4 heteroatoms. The van der Waals surface area contributed by atoms with Gasteiger partial charge in [0, 0.05) is 17.6 Å². The number of halogens is 2. The van der Waals surface area contributed by atoms with Crippen molar-refractivity contribution in [2.75, 3.05) is 18.4 Å². The predicted octanol–water partition coefficient (Wildman–Crippen LogP) is 3.89. The van der Waals surface area contributed by atoms with E-state index in [1.54, 1.807) is 6.07 Å². The summed E-state index contributed by atoms with van der Waals surface area (Å²) in [6, 6.07) is 10.2. The van der Waals surface area contributed by atoms with Crippen LogP contribution in [0.3, 0.4) is 0 Å². The van der Waals surface area contributed by atoms with Crippen LogP contribution in [0.25, 0.3) is 11.1 Å². The van der Waals surface area contributed by atoms with Gasteiger partial charge in [0.2, 0.25) is 0 Å². The second kappa shape index (κ2) is 5.36. The Kier molecular flexibility index (Phi) is 3.34. The van der Waals surface area contributed by atoms with Crippen molar-refractivity contribution in [1.82, 2.24) is 5.32 Å². The number of hydrogen-bond acceptors (Lipinski definition) is 2. The number of anilines is 1. The highest BCUT2D eigenvalue weighted by atomic mass is 19.1. The average Bonchev–Trinajstić information content (AvgIpc) is 2.68. The highest BCUT2D eigenvalue weighted by molar-refractivity contribution is 5.72. The zero-order valence-corrected chi connectivity index (χ0v) is 12.2. The van der Waals surface area contributed by atoms with E-state index in [0.29, 0.717) is 17.5 Å². The molecule has 2 nitrogen and oxygen atoms in total. The summed E-state index contributed by atoms with van der Waals surface area (Å²) in [6.07, 6.45) is 2.12. The van der Waals surface area contributed by atoms with E-state index in [1.807, 2.05) is 12.1 Å². The van der Waals surface area contributed by atoms with Crippen LogP contribution in [0.4, 0.5) is 14.5 Å². The number of nitrogens with one attached hydrogen (secondary N) is 2. The predicted molar refractivity (Wildman–Crippen MR) is 84.0 cm³/mol. The van der Waals surface area contributed by atoms with Crippen LogP contribution >= 0.6 is 0 Å². The molecule has 2 atom stereocenters. The van der Waals surface area contributed by atoms with E-state index in [4.69, 9.17) is 0 Å². The van der Waals surface area contributed by atoms with Crippen LogP contribution in [0.2, 0.25) is 0 Å². The fourth-order valence-electron chi connectivity index (χ4n) is 3.72. The third-order valence-electron chi connectivity index (χ3n) is 4.79. The molecule has 2 aliphatic rings. The van der Waals surface area contributed by atoms with Gasteiger partial charge in [0.1, 0.15) is 11.6 Å². The quantitative estimate of drug-likeness (QED) is 0.835. The van der Waals surface area contributed by atoms with Gasteiger partial charge in [0.15, 0.2) is 0 Å². The van der Waals surface area contributed by atoms with Crippen molar-refractivity contribution in [3.05, 3.63) is 53.6 Å². The Morgan fingerprint density at radius 2 is 1.73 bits per heavy atom. The van der Waals surface area contributed by atoms with Gasteiger partial charge in [-0.05, 0) is 61.3 Å². The Bertz CT molecular complexity index is 694. The van der Waals surface area contributed by atoms with Gasteiger partial charge in [-0.25, -0.2) is 8.78 Å². The third-order valence-corrected chi connectivity index (χ3v) is 4.79. The van der Waals surface area contributed by atoms with E-state index in [-0.39, 0.29) is 5.56 Å². The number of hydrogen-bond donors (Lipinski definition) is 2. The van der Waals surface area contributed by atoms with Crippen molar-refractivity contribution >= 4 is 5.69 Å². The molecule has 2 unspecified atom stereocenters. The maximum Gasteiger partial charge on any atom is 0.133 e. The molecular formula is C18H18F2N2. The molecule has 1 saturated heterocycles. The van der Waals surface area contributed by atoms with Crippen molar-refractivity contribution in [3.63, 3.8) is 0 Å². The molecule has 0 bridgehead atoms. The van der Waals surface area contributed by atoms with Crippen LogP contribution < -0.4 is 10.6 Å². The normalized spacial score (nSPS) is 23.4. The summed E-state index contributed by atoms with van der Waals surface area (Å²) in [5.74, 6) is -0.602. The van der Waals surface area contributed by atoms with Gasteiger partial charge in [0.25, 0.3) is 0 Å². The molecule has 2 aromatic carbocycles. The first-order valence-corrected chi connectivity index (χ1v) is 7.79. The second-order valence-electron chi connectivity index (χ2n) is 6.08. The first kappa shape index (κ1) is 13.7. The summed E-state index contributed by atoms with van der Waals surface area (Å²) < 4.78 is 28.0. The summed E-state index contributed by atoms with van der Waals surface area (Å²) in [7, 11) is 0. The first-order valence-electron chi connectivity index (χ1n) is 7.79. The van der Waals surface area contributed by atoms with Crippen molar-refractivity contribution in [2.45, 2.75) is 24.8 Å². The molecule has 0 aromatic heterocycles. The smallest absolute Gasteiger partial charge is 0.133 e. The Morgan fingerprint density at radius 1 is 0.955 bits per heavy atom. The second-order valence-corrected chi connectivity index (χ2v) is 6.08. The molecule has 22 heavy (non-hydrogen) atoms. The molecule has 114 valence electrons. The largest absolute Gasteiger partial charge is 0.381 e. The van der Waals surface area contributed by atoms with Crippen molar-refractivity contribution in [2.24, 2.45) is 0 Å². The zero-order valence-electron chi connectivity index (χ0n) is 12.2. The molecule has 0 aliphatic carbocycles. The van der Waals surface area contributed by atoms with Gasteiger partial charge in [-0.1, -0.05) is 12.1 Å². The van der Waals surface area contributed by atoms with Gasteiger partial charge in [-0.15, -0.1) is 0 Å². The molecular weight excluding hydrogens is 282 g/mol. The van der Waals surface area contributed by atoms with E-state index in [9.17, 15) is 8.78 Å². The number of rotatable bonds is 1. The van der Waals surface area contributed by atoms with Gasteiger partial charge in [0.05, 0.1) is 5.56 Å².